The van der Waals surface area contributed by atoms with Crippen LogP contribution in [0.4, 0.5) is 0 Å². The van der Waals surface area contributed by atoms with Crippen molar-refractivity contribution < 1.29 is 0 Å². The number of thiol groups is 2. The van der Waals surface area contributed by atoms with E-state index in [1.165, 1.54) is 11.1 Å². The van der Waals surface area contributed by atoms with Gasteiger partial charge < -0.3 is 0 Å². The van der Waals surface area contributed by atoms with E-state index in [4.69, 9.17) is 0 Å². The van der Waals surface area contributed by atoms with Gasteiger partial charge in [-0.1, -0.05) is 59.7 Å². The summed E-state index contributed by atoms with van der Waals surface area (Å²) in [5.74, 6) is 0. The van der Waals surface area contributed by atoms with E-state index in [9.17, 15) is 0 Å². The van der Waals surface area contributed by atoms with Crippen molar-refractivity contribution in [3.05, 3.63) is 70.8 Å². The standard InChI is InChI=1S/C16H16S2/c1-11-3-7-13(8-4-11)15(17)16(18)14-9-5-12(2)6-10-14/h3-10,17-18H,1-2H3/b16-15+. The molecule has 0 unspecified atom stereocenters. The van der Waals surface area contributed by atoms with E-state index >= 15 is 0 Å². The van der Waals surface area contributed by atoms with E-state index < -0.39 is 0 Å². The molecule has 0 radical (unpaired) electrons. The first-order chi connectivity index (χ1) is 8.58. The van der Waals surface area contributed by atoms with Gasteiger partial charge in [-0.2, -0.15) is 0 Å². The second kappa shape index (κ2) is 5.68. The Morgan fingerprint density at radius 1 is 0.611 bits per heavy atom. The molecule has 0 aromatic heterocycles. The molecule has 0 saturated carbocycles. The van der Waals surface area contributed by atoms with Crippen LogP contribution in [0.5, 0.6) is 0 Å². The average Bonchev–Trinajstić information content (AvgIpc) is 2.39. The van der Waals surface area contributed by atoms with E-state index in [-0.39, 0.29) is 0 Å². The third-order valence-electron chi connectivity index (χ3n) is 2.87. The Morgan fingerprint density at radius 3 is 1.17 bits per heavy atom. The molecule has 0 atom stereocenters. The van der Waals surface area contributed by atoms with Crippen LogP contribution in [0, 0.1) is 13.8 Å². The Balaban J connectivity index is 2.40. The predicted octanol–water partition coefficient (Wildman–Crippen LogP) is 4.99. The molecular formula is C16H16S2. The van der Waals surface area contributed by atoms with Gasteiger partial charge >= 0.3 is 0 Å². The van der Waals surface area contributed by atoms with Crippen molar-refractivity contribution in [1.29, 1.82) is 0 Å². The fraction of sp³-hybridized carbons (Fsp3) is 0.125. The molecule has 2 heteroatoms. The molecule has 0 bridgehead atoms. The van der Waals surface area contributed by atoms with Crippen molar-refractivity contribution in [2.45, 2.75) is 13.8 Å². The quantitative estimate of drug-likeness (QED) is 0.558. The highest BCUT2D eigenvalue weighted by Crippen LogP contribution is 2.31. The first kappa shape index (κ1) is 13.3. The zero-order chi connectivity index (χ0) is 13.1. The van der Waals surface area contributed by atoms with Crippen LogP contribution >= 0.6 is 25.3 Å². The van der Waals surface area contributed by atoms with Gasteiger partial charge in [0.25, 0.3) is 0 Å². The summed E-state index contributed by atoms with van der Waals surface area (Å²) in [6.45, 7) is 4.15. The molecule has 2 aromatic carbocycles. The summed E-state index contributed by atoms with van der Waals surface area (Å²) >= 11 is 9.18. The normalized spacial score (nSPS) is 12.2. The lowest BCUT2D eigenvalue weighted by molar-refractivity contribution is 1.46. The van der Waals surface area contributed by atoms with Gasteiger partial charge in [0, 0.05) is 9.81 Å². The fourth-order valence-corrected chi connectivity index (χ4v) is 2.25. The zero-order valence-electron chi connectivity index (χ0n) is 10.5. The van der Waals surface area contributed by atoms with E-state index in [2.05, 4.69) is 87.6 Å². The van der Waals surface area contributed by atoms with Gasteiger partial charge in [-0.25, -0.2) is 0 Å². The summed E-state index contributed by atoms with van der Waals surface area (Å²) in [6, 6.07) is 16.6. The molecule has 0 N–H and O–H groups in total. The van der Waals surface area contributed by atoms with Crippen molar-refractivity contribution in [3.63, 3.8) is 0 Å². The minimum atomic E-state index is 0.905. The minimum Gasteiger partial charge on any atom is -0.142 e. The highest BCUT2D eigenvalue weighted by atomic mass is 32.1. The van der Waals surface area contributed by atoms with E-state index in [0.717, 1.165) is 20.9 Å². The van der Waals surface area contributed by atoms with Crippen molar-refractivity contribution >= 4 is 35.1 Å². The number of aryl methyl sites for hydroxylation is 2. The predicted molar refractivity (Wildman–Crippen MR) is 87.1 cm³/mol. The SMILES string of the molecule is Cc1ccc(/C(S)=C(\S)c2ccc(C)cc2)cc1. The summed E-state index contributed by atoms with van der Waals surface area (Å²) in [7, 11) is 0. The molecule has 0 fully saturated rings. The smallest absolute Gasteiger partial charge is 0.0253 e. The van der Waals surface area contributed by atoms with Crippen LogP contribution in [0.15, 0.2) is 48.5 Å². The maximum Gasteiger partial charge on any atom is 0.0253 e. The lowest BCUT2D eigenvalue weighted by Gasteiger charge is -2.07. The second-order valence-corrected chi connectivity index (χ2v) is 5.32. The molecule has 2 aromatic rings. The van der Waals surface area contributed by atoms with Gasteiger partial charge in [0.05, 0.1) is 0 Å². The Bertz CT molecular complexity index is 510. The fourth-order valence-electron chi connectivity index (χ4n) is 1.70. The Hall–Kier alpha value is -1.12. The van der Waals surface area contributed by atoms with E-state index in [1.54, 1.807) is 0 Å². The topological polar surface area (TPSA) is 0 Å². The molecule has 2 rings (SSSR count). The summed E-state index contributed by atoms with van der Waals surface area (Å²) in [5.41, 5.74) is 4.68. The number of benzene rings is 2. The third-order valence-corrected chi connectivity index (χ3v) is 4.01. The molecule has 92 valence electrons. The minimum absolute atomic E-state index is 0.905. The van der Waals surface area contributed by atoms with Crippen LogP contribution < -0.4 is 0 Å². The summed E-state index contributed by atoms with van der Waals surface area (Å²) in [4.78, 5) is 1.81. The highest BCUT2D eigenvalue weighted by Gasteiger charge is 2.04. The van der Waals surface area contributed by atoms with Crippen molar-refractivity contribution in [3.8, 4) is 0 Å². The molecule has 0 aliphatic heterocycles. The van der Waals surface area contributed by atoms with Gasteiger partial charge in [0.15, 0.2) is 0 Å². The van der Waals surface area contributed by atoms with Gasteiger partial charge in [-0.15, -0.1) is 25.3 Å². The maximum atomic E-state index is 4.59. The van der Waals surface area contributed by atoms with Crippen LogP contribution in [0.3, 0.4) is 0 Å². The first-order valence-electron chi connectivity index (χ1n) is 5.84. The molecule has 0 amide bonds. The Labute approximate surface area is 120 Å². The first-order valence-corrected chi connectivity index (χ1v) is 6.73. The Kier molecular flexibility index (Phi) is 4.20. The average molecular weight is 272 g/mol. The molecule has 18 heavy (non-hydrogen) atoms. The van der Waals surface area contributed by atoms with Gasteiger partial charge in [-0.3, -0.25) is 0 Å². The van der Waals surface area contributed by atoms with Gasteiger partial charge in [0.1, 0.15) is 0 Å². The van der Waals surface area contributed by atoms with Crippen LogP contribution in [-0.2, 0) is 0 Å². The van der Waals surface area contributed by atoms with Crippen molar-refractivity contribution in [1.82, 2.24) is 0 Å². The second-order valence-electron chi connectivity index (χ2n) is 4.43. The molecule has 0 saturated heterocycles. The molecule has 0 nitrogen and oxygen atoms in total. The number of hydrogen-bond donors (Lipinski definition) is 2. The lowest BCUT2D eigenvalue weighted by Crippen LogP contribution is -1.84. The summed E-state index contributed by atoms with van der Waals surface area (Å²) in [5, 5.41) is 0. The maximum absolute atomic E-state index is 4.59. The molecule has 0 aliphatic rings. The molecular weight excluding hydrogens is 256 g/mol. The number of rotatable bonds is 2. The lowest BCUT2D eigenvalue weighted by atomic mass is 10.1. The Morgan fingerprint density at radius 2 is 0.889 bits per heavy atom. The van der Waals surface area contributed by atoms with Crippen molar-refractivity contribution in [2.75, 3.05) is 0 Å². The van der Waals surface area contributed by atoms with Crippen LogP contribution in [0.25, 0.3) is 9.81 Å². The molecule has 0 spiro atoms. The molecule has 0 aliphatic carbocycles. The summed E-state index contributed by atoms with van der Waals surface area (Å²) in [6.07, 6.45) is 0. The van der Waals surface area contributed by atoms with Crippen LogP contribution in [0.2, 0.25) is 0 Å². The van der Waals surface area contributed by atoms with E-state index in [1.807, 2.05) is 0 Å². The van der Waals surface area contributed by atoms with Gasteiger partial charge in [-0.05, 0) is 25.0 Å². The van der Waals surface area contributed by atoms with Crippen LogP contribution in [0.1, 0.15) is 22.3 Å². The van der Waals surface area contributed by atoms with Crippen LogP contribution in [-0.4, -0.2) is 0 Å². The monoisotopic (exact) mass is 272 g/mol. The third kappa shape index (κ3) is 3.01. The van der Waals surface area contributed by atoms with E-state index in [0.29, 0.717) is 0 Å². The van der Waals surface area contributed by atoms with Crippen molar-refractivity contribution in [2.24, 2.45) is 0 Å². The summed E-state index contributed by atoms with van der Waals surface area (Å²) < 4.78 is 0. The highest BCUT2D eigenvalue weighted by molar-refractivity contribution is 7.96. The van der Waals surface area contributed by atoms with Gasteiger partial charge in [0.2, 0.25) is 0 Å². The largest absolute Gasteiger partial charge is 0.142 e. The zero-order valence-corrected chi connectivity index (χ0v) is 12.3. The number of hydrogen-bond acceptors (Lipinski definition) is 2. The molecule has 0 heterocycles.